The van der Waals surface area contributed by atoms with Crippen LogP contribution < -0.4 is 4.74 Å². The van der Waals surface area contributed by atoms with Crippen LogP contribution in [0, 0.1) is 0 Å². The maximum atomic E-state index is 12.7. The summed E-state index contributed by atoms with van der Waals surface area (Å²) >= 11 is 0. The van der Waals surface area contributed by atoms with Crippen molar-refractivity contribution in [2.24, 2.45) is 0 Å². The average Bonchev–Trinajstić information content (AvgIpc) is 2.56. The van der Waals surface area contributed by atoms with Crippen LogP contribution in [-0.4, -0.2) is 37.9 Å². The Bertz CT molecular complexity index is 702. The normalized spacial score (nSPS) is 11.6. The molecule has 0 spiro atoms. The predicted molar refractivity (Wildman–Crippen MR) is 85.4 cm³/mol. The fraction of sp³-hybridized carbons (Fsp3) is 0.312. The Morgan fingerprint density at radius 1 is 1.18 bits per heavy atom. The van der Waals surface area contributed by atoms with Crippen LogP contribution in [0.3, 0.4) is 0 Å². The highest BCUT2D eigenvalue weighted by Gasteiger charge is 2.23. The van der Waals surface area contributed by atoms with Gasteiger partial charge in [0.1, 0.15) is 5.75 Å². The lowest BCUT2D eigenvalue weighted by Crippen LogP contribution is -2.32. The summed E-state index contributed by atoms with van der Waals surface area (Å²) in [4.78, 5) is 4.22. The van der Waals surface area contributed by atoms with E-state index in [0.29, 0.717) is 25.3 Å². The van der Waals surface area contributed by atoms with Gasteiger partial charge in [0, 0.05) is 31.5 Å². The quantitative estimate of drug-likeness (QED) is 0.786. The van der Waals surface area contributed by atoms with Gasteiger partial charge in [0.05, 0.1) is 12.0 Å². The molecule has 2 rings (SSSR count). The maximum Gasteiger partial charge on any atom is 0.243 e. The zero-order valence-electron chi connectivity index (χ0n) is 12.8. The third-order valence-corrected chi connectivity index (χ3v) is 5.40. The van der Waals surface area contributed by atoms with Gasteiger partial charge in [-0.2, -0.15) is 4.31 Å². The standard InChI is InChI=1S/C16H20N2O3S/c1-3-18(12-9-14-7-10-17-11-8-14)22(19,20)16-6-4-5-15(13-16)21-2/h4-8,10-11,13H,3,9,12H2,1-2H3. The Balaban J connectivity index is 2.17. The fourth-order valence-electron chi connectivity index (χ4n) is 2.16. The van der Waals surface area contributed by atoms with E-state index < -0.39 is 10.0 Å². The molecule has 5 nitrogen and oxygen atoms in total. The molecule has 22 heavy (non-hydrogen) atoms. The molecule has 0 saturated carbocycles. The number of rotatable bonds is 7. The number of benzene rings is 1. The van der Waals surface area contributed by atoms with Crippen LogP contribution in [0.25, 0.3) is 0 Å². The zero-order valence-corrected chi connectivity index (χ0v) is 13.6. The van der Waals surface area contributed by atoms with Crippen molar-refractivity contribution < 1.29 is 13.2 Å². The smallest absolute Gasteiger partial charge is 0.243 e. The van der Waals surface area contributed by atoms with Gasteiger partial charge in [-0.25, -0.2) is 8.42 Å². The lowest BCUT2D eigenvalue weighted by atomic mass is 10.2. The molecule has 2 aromatic rings. The van der Waals surface area contributed by atoms with E-state index in [4.69, 9.17) is 4.74 Å². The van der Waals surface area contributed by atoms with Gasteiger partial charge in [0.2, 0.25) is 10.0 Å². The van der Waals surface area contributed by atoms with Gasteiger partial charge in [-0.05, 0) is 36.2 Å². The molecule has 0 N–H and O–H groups in total. The summed E-state index contributed by atoms with van der Waals surface area (Å²) in [5.74, 6) is 0.534. The largest absolute Gasteiger partial charge is 0.497 e. The van der Waals surface area contributed by atoms with Crippen molar-refractivity contribution in [1.82, 2.24) is 9.29 Å². The second-order valence-electron chi connectivity index (χ2n) is 4.78. The molecule has 1 aromatic carbocycles. The minimum atomic E-state index is -3.52. The first-order chi connectivity index (χ1) is 10.6. The van der Waals surface area contributed by atoms with E-state index in [1.54, 1.807) is 36.7 Å². The Morgan fingerprint density at radius 2 is 1.91 bits per heavy atom. The van der Waals surface area contributed by atoms with Crippen LogP contribution in [0.2, 0.25) is 0 Å². The van der Waals surface area contributed by atoms with Gasteiger partial charge in [-0.15, -0.1) is 0 Å². The van der Waals surface area contributed by atoms with Crippen molar-refractivity contribution in [3.05, 3.63) is 54.4 Å². The highest BCUT2D eigenvalue weighted by molar-refractivity contribution is 7.89. The average molecular weight is 320 g/mol. The van der Waals surface area contributed by atoms with E-state index in [0.717, 1.165) is 5.56 Å². The van der Waals surface area contributed by atoms with E-state index in [2.05, 4.69) is 4.98 Å². The van der Waals surface area contributed by atoms with Crippen molar-refractivity contribution >= 4 is 10.0 Å². The summed E-state index contributed by atoms with van der Waals surface area (Å²) in [6.45, 7) is 2.69. The van der Waals surface area contributed by atoms with E-state index in [9.17, 15) is 8.42 Å². The summed E-state index contributed by atoms with van der Waals surface area (Å²) in [5.41, 5.74) is 1.06. The van der Waals surface area contributed by atoms with Crippen molar-refractivity contribution in [2.45, 2.75) is 18.2 Å². The number of hydrogen-bond acceptors (Lipinski definition) is 4. The molecular formula is C16H20N2O3S. The Morgan fingerprint density at radius 3 is 2.55 bits per heavy atom. The van der Waals surface area contributed by atoms with E-state index >= 15 is 0 Å². The minimum absolute atomic E-state index is 0.253. The Kier molecular flexibility index (Phi) is 5.51. The lowest BCUT2D eigenvalue weighted by Gasteiger charge is -2.20. The Hall–Kier alpha value is -1.92. The van der Waals surface area contributed by atoms with Crippen LogP contribution >= 0.6 is 0 Å². The molecule has 1 aromatic heterocycles. The molecule has 1 heterocycles. The SMILES string of the molecule is CCN(CCc1ccncc1)S(=O)(=O)c1cccc(OC)c1. The molecule has 0 bridgehead atoms. The summed E-state index contributed by atoms with van der Waals surface area (Å²) in [6.07, 6.45) is 4.07. The number of pyridine rings is 1. The summed E-state index contributed by atoms with van der Waals surface area (Å²) in [7, 11) is -2.00. The highest BCUT2D eigenvalue weighted by Crippen LogP contribution is 2.21. The molecule has 0 radical (unpaired) electrons. The Labute approximate surface area is 131 Å². The molecule has 0 unspecified atom stereocenters. The third-order valence-electron chi connectivity index (χ3n) is 3.43. The van der Waals surface area contributed by atoms with Gasteiger partial charge in [0.15, 0.2) is 0 Å². The fourth-order valence-corrected chi connectivity index (χ4v) is 3.65. The van der Waals surface area contributed by atoms with Gasteiger partial charge in [-0.3, -0.25) is 4.98 Å². The molecule has 0 atom stereocenters. The third kappa shape index (κ3) is 3.84. The van der Waals surface area contributed by atoms with Crippen LogP contribution in [0.1, 0.15) is 12.5 Å². The second-order valence-corrected chi connectivity index (χ2v) is 6.72. The number of nitrogens with zero attached hydrogens (tertiary/aromatic N) is 2. The molecule has 0 fully saturated rings. The van der Waals surface area contributed by atoms with Crippen molar-refractivity contribution in [2.75, 3.05) is 20.2 Å². The van der Waals surface area contributed by atoms with Gasteiger partial charge in [0.25, 0.3) is 0 Å². The lowest BCUT2D eigenvalue weighted by molar-refractivity contribution is 0.411. The number of aromatic nitrogens is 1. The summed E-state index contributed by atoms with van der Waals surface area (Å²) in [6, 6.07) is 10.3. The van der Waals surface area contributed by atoms with Crippen LogP contribution in [0.4, 0.5) is 0 Å². The van der Waals surface area contributed by atoms with Gasteiger partial charge < -0.3 is 4.74 Å². The molecule has 0 aliphatic rings. The molecular weight excluding hydrogens is 300 g/mol. The number of methoxy groups -OCH3 is 1. The van der Waals surface area contributed by atoms with E-state index in [1.807, 2.05) is 19.1 Å². The first-order valence-electron chi connectivity index (χ1n) is 7.11. The summed E-state index contributed by atoms with van der Waals surface area (Å²) in [5, 5.41) is 0. The minimum Gasteiger partial charge on any atom is -0.497 e. The molecule has 0 saturated heterocycles. The molecule has 6 heteroatoms. The van der Waals surface area contributed by atoms with E-state index in [1.165, 1.54) is 11.4 Å². The van der Waals surface area contributed by atoms with Crippen molar-refractivity contribution in [3.8, 4) is 5.75 Å². The zero-order chi connectivity index (χ0) is 16.0. The number of hydrogen-bond donors (Lipinski definition) is 0. The topological polar surface area (TPSA) is 59.5 Å². The van der Waals surface area contributed by atoms with Crippen LogP contribution in [-0.2, 0) is 16.4 Å². The molecule has 0 amide bonds. The summed E-state index contributed by atoms with van der Waals surface area (Å²) < 4.78 is 32.0. The number of likely N-dealkylation sites (N-methyl/N-ethyl adjacent to an activating group) is 1. The van der Waals surface area contributed by atoms with Crippen LogP contribution in [0.5, 0.6) is 5.75 Å². The van der Waals surface area contributed by atoms with E-state index in [-0.39, 0.29) is 4.90 Å². The van der Waals surface area contributed by atoms with Crippen LogP contribution in [0.15, 0.2) is 53.7 Å². The molecule has 0 aliphatic carbocycles. The van der Waals surface area contributed by atoms with Crippen molar-refractivity contribution in [3.63, 3.8) is 0 Å². The maximum absolute atomic E-state index is 12.7. The first kappa shape index (κ1) is 16.5. The molecule has 118 valence electrons. The molecule has 0 aliphatic heterocycles. The van der Waals surface area contributed by atoms with Crippen molar-refractivity contribution in [1.29, 1.82) is 0 Å². The predicted octanol–water partition coefficient (Wildman–Crippen LogP) is 2.34. The van der Waals surface area contributed by atoms with Gasteiger partial charge in [-0.1, -0.05) is 13.0 Å². The van der Waals surface area contributed by atoms with Gasteiger partial charge >= 0.3 is 0 Å². The number of ether oxygens (including phenoxy) is 1. The monoisotopic (exact) mass is 320 g/mol. The number of sulfonamides is 1. The second kappa shape index (κ2) is 7.38. The highest BCUT2D eigenvalue weighted by atomic mass is 32.2. The first-order valence-corrected chi connectivity index (χ1v) is 8.55.